The lowest BCUT2D eigenvalue weighted by molar-refractivity contribution is 0.318. The molecule has 0 aromatic rings. The van der Waals surface area contributed by atoms with Crippen molar-refractivity contribution < 1.29 is 5.11 Å². The Bertz CT molecular complexity index is 157. The van der Waals surface area contributed by atoms with Crippen LogP contribution in [0.15, 0.2) is 11.6 Å². The SMILES string of the molecule is NCCNC1CC=C(CO)CC1. The van der Waals surface area contributed by atoms with E-state index in [1.165, 1.54) is 5.57 Å². The van der Waals surface area contributed by atoms with Crippen molar-refractivity contribution >= 4 is 0 Å². The van der Waals surface area contributed by atoms with Gasteiger partial charge in [0.15, 0.2) is 0 Å². The summed E-state index contributed by atoms with van der Waals surface area (Å²) in [7, 11) is 0. The van der Waals surface area contributed by atoms with Crippen LogP contribution >= 0.6 is 0 Å². The largest absolute Gasteiger partial charge is 0.392 e. The molecule has 70 valence electrons. The maximum atomic E-state index is 8.84. The van der Waals surface area contributed by atoms with Crippen molar-refractivity contribution in [2.75, 3.05) is 19.7 Å². The van der Waals surface area contributed by atoms with Gasteiger partial charge in [-0.25, -0.2) is 0 Å². The van der Waals surface area contributed by atoms with Gasteiger partial charge in [-0.3, -0.25) is 0 Å². The van der Waals surface area contributed by atoms with Gasteiger partial charge in [-0.05, 0) is 24.8 Å². The molecular weight excluding hydrogens is 152 g/mol. The molecule has 1 aliphatic rings. The van der Waals surface area contributed by atoms with E-state index < -0.39 is 0 Å². The third-order valence-electron chi connectivity index (χ3n) is 2.29. The van der Waals surface area contributed by atoms with E-state index in [4.69, 9.17) is 10.8 Å². The third kappa shape index (κ3) is 2.93. The molecular formula is C9H18N2O. The van der Waals surface area contributed by atoms with Crippen molar-refractivity contribution in [3.63, 3.8) is 0 Å². The Morgan fingerprint density at radius 3 is 3.00 bits per heavy atom. The maximum absolute atomic E-state index is 8.84. The number of aliphatic hydroxyl groups excluding tert-OH is 1. The average molecular weight is 170 g/mol. The highest BCUT2D eigenvalue weighted by Gasteiger charge is 2.12. The fourth-order valence-electron chi connectivity index (χ4n) is 1.50. The van der Waals surface area contributed by atoms with Crippen LogP contribution in [0.25, 0.3) is 0 Å². The van der Waals surface area contributed by atoms with Crippen LogP contribution in [-0.4, -0.2) is 30.8 Å². The van der Waals surface area contributed by atoms with Crippen LogP contribution in [0.4, 0.5) is 0 Å². The average Bonchev–Trinajstić information content (AvgIpc) is 2.15. The molecule has 12 heavy (non-hydrogen) atoms. The van der Waals surface area contributed by atoms with E-state index in [0.717, 1.165) is 25.8 Å². The van der Waals surface area contributed by atoms with Gasteiger partial charge in [-0.2, -0.15) is 0 Å². The number of rotatable bonds is 4. The van der Waals surface area contributed by atoms with Gasteiger partial charge in [0.1, 0.15) is 0 Å². The Morgan fingerprint density at radius 2 is 2.50 bits per heavy atom. The highest BCUT2D eigenvalue weighted by Crippen LogP contribution is 2.17. The summed E-state index contributed by atoms with van der Waals surface area (Å²) in [5, 5.41) is 12.2. The van der Waals surface area contributed by atoms with E-state index in [9.17, 15) is 0 Å². The Kier molecular flexibility index (Phi) is 4.29. The molecule has 0 saturated carbocycles. The van der Waals surface area contributed by atoms with Gasteiger partial charge in [0.25, 0.3) is 0 Å². The smallest absolute Gasteiger partial charge is 0.0641 e. The van der Waals surface area contributed by atoms with Crippen molar-refractivity contribution in [2.24, 2.45) is 5.73 Å². The lowest BCUT2D eigenvalue weighted by Crippen LogP contribution is -2.34. The molecule has 0 saturated heterocycles. The zero-order valence-electron chi connectivity index (χ0n) is 7.42. The highest BCUT2D eigenvalue weighted by atomic mass is 16.3. The zero-order chi connectivity index (χ0) is 8.81. The predicted molar refractivity (Wildman–Crippen MR) is 49.9 cm³/mol. The van der Waals surface area contributed by atoms with Gasteiger partial charge >= 0.3 is 0 Å². The molecule has 1 unspecified atom stereocenters. The first kappa shape index (κ1) is 9.71. The van der Waals surface area contributed by atoms with E-state index in [1.807, 2.05) is 0 Å². The molecule has 3 heteroatoms. The van der Waals surface area contributed by atoms with Crippen LogP contribution in [0, 0.1) is 0 Å². The van der Waals surface area contributed by atoms with Crippen molar-refractivity contribution in [1.29, 1.82) is 0 Å². The number of nitrogens with two attached hydrogens (primary N) is 1. The van der Waals surface area contributed by atoms with E-state index in [1.54, 1.807) is 0 Å². The van der Waals surface area contributed by atoms with Crippen molar-refractivity contribution in [3.05, 3.63) is 11.6 Å². The summed E-state index contributed by atoms with van der Waals surface area (Å²) >= 11 is 0. The molecule has 0 fully saturated rings. The minimum absolute atomic E-state index is 0.226. The highest BCUT2D eigenvalue weighted by molar-refractivity contribution is 5.07. The maximum Gasteiger partial charge on any atom is 0.0641 e. The first-order valence-corrected chi connectivity index (χ1v) is 4.59. The molecule has 4 N–H and O–H groups in total. The quantitative estimate of drug-likeness (QED) is 0.521. The van der Waals surface area contributed by atoms with Crippen LogP contribution < -0.4 is 11.1 Å². The summed E-state index contributed by atoms with van der Waals surface area (Å²) in [6.45, 7) is 1.82. The summed E-state index contributed by atoms with van der Waals surface area (Å²) in [5.41, 5.74) is 6.56. The lowest BCUT2D eigenvalue weighted by atomic mass is 9.96. The van der Waals surface area contributed by atoms with Gasteiger partial charge in [-0.15, -0.1) is 0 Å². The molecule has 0 aromatic heterocycles. The molecule has 3 nitrogen and oxygen atoms in total. The molecule has 0 aliphatic heterocycles. The van der Waals surface area contributed by atoms with Crippen molar-refractivity contribution in [1.82, 2.24) is 5.32 Å². The summed E-state index contributed by atoms with van der Waals surface area (Å²) < 4.78 is 0. The first-order valence-electron chi connectivity index (χ1n) is 4.59. The number of hydrogen-bond donors (Lipinski definition) is 3. The zero-order valence-corrected chi connectivity index (χ0v) is 7.42. The van der Waals surface area contributed by atoms with Crippen molar-refractivity contribution in [2.45, 2.75) is 25.3 Å². The summed E-state index contributed by atoms with van der Waals surface area (Å²) in [4.78, 5) is 0. The van der Waals surface area contributed by atoms with E-state index in [2.05, 4.69) is 11.4 Å². The standard InChI is InChI=1S/C9H18N2O/c10-5-6-11-9-3-1-8(7-12)2-4-9/h1,9,11-12H,2-7,10H2. The van der Waals surface area contributed by atoms with Crippen LogP contribution in [0.3, 0.4) is 0 Å². The summed E-state index contributed by atoms with van der Waals surface area (Å²) in [5.74, 6) is 0. The normalized spacial score (nSPS) is 23.8. The molecule has 0 aromatic carbocycles. The van der Waals surface area contributed by atoms with Gasteiger partial charge in [0.2, 0.25) is 0 Å². The van der Waals surface area contributed by atoms with E-state index in [-0.39, 0.29) is 6.61 Å². The predicted octanol–water partition coefficient (Wildman–Crippen LogP) is 0.00590. The second kappa shape index (κ2) is 5.30. The summed E-state index contributed by atoms with van der Waals surface area (Å²) in [6.07, 6.45) is 5.33. The Morgan fingerprint density at radius 1 is 1.67 bits per heavy atom. The first-order chi connectivity index (χ1) is 5.86. The van der Waals surface area contributed by atoms with Crippen LogP contribution in [0.2, 0.25) is 0 Å². The van der Waals surface area contributed by atoms with Gasteiger partial charge in [0, 0.05) is 19.1 Å². The lowest BCUT2D eigenvalue weighted by Gasteiger charge is -2.21. The van der Waals surface area contributed by atoms with Gasteiger partial charge in [-0.1, -0.05) is 6.08 Å². The molecule has 0 radical (unpaired) electrons. The molecule has 1 atom stereocenters. The molecule has 0 heterocycles. The summed E-state index contributed by atoms with van der Waals surface area (Å²) in [6, 6.07) is 0.573. The fraction of sp³-hybridized carbons (Fsp3) is 0.778. The molecule has 1 rings (SSSR count). The molecule has 1 aliphatic carbocycles. The molecule has 0 spiro atoms. The Balaban J connectivity index is 2.21. The molecule has 0 bridgehead atoms. The second-order valence-corrected chi connectivity index (χ2v) is 3.23. The number of aliphatic hydroxyl groups is 1. The van der Waals surface area contributed by atoms with Gasteiger partial charge in [0.05, 0.1) is 6.61 Å². The van der Waals surface area contributed by atoms with Crippen LogP contribution in [0.1, 0.15) is 19.3 Å². The Labute approximate surface area is 73.6 Å². The number of hydrogen-bond acceptors (Lipinski definition) is 3. The monoisotopic (exact) mass is 170 g/mol. The minimum atomic E-state index is 0.226. The fourth-order valence-corrected chi connectivity index (χ4v) is 1.50. The third-order valence-corrected chi connectivity index (χ3v) is 2.29. The van der Waals surface area contributed by atoms with E-state index >= 15 is 0 Å². The van der Waals surface area contributed by atoms with Gasteiger partial charge < -0.3 is 16.2 Å². The topological polar surface area (TPSA) is 58.3 Å². The molecule has 0 amide bonds. The second-order valence-electron chi connectivity index (χ2n) is 3.23. The minimum Gasteiger partial charge on any atom is -0.392 e. The van der Waals surface area contributed by atoms with E-state index in [0.29, 0.717) is 12.6 Å². The van der Waals surface area contributed by atoms with Crippen molar-refractivity contribution in [3.8, 4) is 0 Å². The number of nitrogens with one attached hydrogen (secondary N) is 1. The van der Waals surface area contributed by atoms with Crippen LogP contribution in [-0.2, 0) is 0 Å². The van der Waals surface area contributed by atoms with Crippen LogP contribution in [0.5, 0.6) is 0 Å². The Hall–Kier alpha value is -0.380.